The Morgan fingerprint density at radius 2 is 0.930 bits per heavy atom. The van der Waals surface area contributed by atoms with Crippen molar-refractivity contribution in [3.8, 4) is 33.4 Å². The summed E-state index contributed by atoms with van der Waals surface area (Å²) < 4.78 is 2.67. The average Bonchev–Trinajstić information content (AvgIpc) is 3.65. The topological polar surface area (TPSA) is 3.24 Å². The molecule has 0 spiro atoms. The Kier molecular flexibility index (Phi) is 9.95. The molecule has 0 saturated heterocycles. The third-order valence-corrected chi connectivity index (χ3v) is 12.1. The third-order valence-electron chi connectivity index (χ3n) is 10.9. The number of anilines is 3. The SMILES string of the molecule is Cc1ccccc1.Cc1ccccc1-c1cc(-c2ccc(N(c3ccc(-c4cccc5c4sc4ccccc45)cc3)c3cccc4ccccc34)cc2)ccc1C. The normalized spacial score (nSPS) is 11.1. The number of fused-ring (bicyclic) bond motifs is 4. The lowest BCUT2D eigenvalue weighted by Gasteiger charge is -2.27. The number of aryl methyl sites for hydroxylation is 3. The van der Waals surface area contributed by atoms with Gasteiger partial charge >= 0.3 is 0 Å². The van der Waals surface area contributed by atoms with E-state index < -0.39 is 0 Å². The van der Waals surface area contributed by atoms with E-state index in [9.17, 15) is 0 Å². The van der Waals surface area contributed by atoms with Crippen molar-refractivity contribution in [1.82, 2.24) is 0 Å². The highest BCUT2D eigenvalue weighted by Crippen LogP contribution is 2.43. The van der Waals surface area contributed by atoms with Gasteiger partial charge in [-0.25, -0.2) is 0 Å². The van der Waals surface area contributed by atoms with E-state index in [0.717, 1.165) is 17.1 Å². The molecule has 0 atom stereocenters. The summed E-state index contributed by atoms with van der Waals surface area (Å²) in [6.45, 7) is 6.47. The quantitative estimate of drug-likeness (QED) is 0.164. The standard InChI is InChI=1S/C48H35NS.C7H8/c1-32-11-3-5-14-40(32)45-31-37(22-21-33(45)2)34-23-27-38(28-24-34)49(46-19-9-13-35-12-4-6-15-41(35)46)39-29-25-36(26-30-39)42-17-10-18-44-43-16-7-8-20-47(43)50-48(42)44;1-7-5-3-2-4-6-7/h3-31H,1-2H3;2-6H,1H3. The molecular weight excluding hydrogens is 707 g/mol. The monoisotopic (exact) mass is 749 g/mol. The van der Waals surface area contributed by atoms with Crippen molar-refractivity contribution in [3.05, 3.63) is 223 Å². The Bertz CT molecular complexity index is 2970. The van der Waals surface area contributed by atoms with Crippen molar-refractivity contribution in [3.63, 3.8) is 0 Å². The zero-order valence-electron chi connectivity index (χ0n) is 32.5. The maximum Gasteiger partial charge on any atom is 0.0540 e. The molecule has 0 bridgehead atoms. The summed E-state index contributed by atoms with van der Waals surface area (Å²) in [4.78, 5) is 2.39. The number of rotatable bonds is 6. The molecule has 0 aliphatic rings. The first-order valence-electron chi connectivity index (χ1n) is 19.6. The number of hydrogen-bond acceptors (Lipinski definition) is 2. The van der Waals surface area contributed by atoms with E-state index in [2.05, 4.69) is 214 Å². The summed E-state index contributed by atoms with van der Waals surface area (Å²) in [5.74, 6) is 0. The minimum atomic E-state index is 1.12. The van der Waals surface area contributed by atoms with Crippen molar-refractivity contribution in [1.29, 1.82) is 0 Å². The van der Waals surface area contributed by atoms with Crippen LogP contribution in [0, 0.1) is 20.8 Å². The van der Waals surface area contributed by atoms with Crippen LogP contribution in [-0.2, 0) is 0 Å². The van der Waals surface area contributed by atoms with Crippen molar-refractivity contribution < 1.29 is 0 Å². The van der Waals surface area contributed by atoms with Crippen molar-refractivity contribution in [2.24, 2.45) is 0 Å². The Balaban J connectivity index is 0.000000548. The highest BCUT2D eigenvalue weighted by atomic mass is 32.1. The summed E-state index contributed by atoms with van der Waals surface area (Å²) in [5.41, 5.74) is 14.8. The van der Waals surface area contributed by atoms with E-state index >= 15 is 0 Å². The van der Waals surface area contributed by atoms with Gasteiger partial charge in [0.2, 0.25) is 0 Å². The molecule has 1 aromatic heterocycles. The van der Waals surface area contributed by atoms with Crippen molar-refractivity contribution in [2.45, 2.75) is 20.8 Å². The largest absolute Gasteiger partial charge is 0.310 e. The van der Waals surface area contributed by atoms with Gasteiger partial charge in [-0.15, -0.1) is 11.3 Å². The van der Waals surface area contributed by atoms with Crippen LogP contribution in [0.2, 0.25) is 0 Å². The smallest absolute Gasteiger partial charge is 0.0540 e. The second kappa shape index (κ2) is 15.8. The van der Waals surface area contributed by atoms with E-state index in [-0.39, 0.29) is 0 Å². The van der Waals surface area contributed by atoms with Gasteiger partial charge in [-0.2, -0.15) is 0 Å². The average molecular weight is 750 g/mol. The highest BCUT2D eigenvalue weighted by Gasteiger charge is 2.17. The molecule has 10 rings (SSSR count). The summed E-state index contributed by atoms with van der Waals surface area (Å²) in [6.07, 6.45) is 0. The fraction of sp³-hybridized carbons (Fsp3) is 0.0545. The lowest BCUT2D eigenvalue weighted by Crippen LogP contribution is -2.10. The Morgan fingerprint density at radius 3 is 1.67 bits per heavy atom. The first-order chi connectivity index (χ1) is 28.0. The first kappa shape index (κ1) is 35.9. The summed E-state index contributed by atoms with van der Waals surface area (Å²) in [5, 5.41) is 5.10. The molecule has 0 radical (unpaired) electrons. The molecule has 1 nitrogen and oxygen atoms in total. The van der Waals surface area contributed by atoms with Crippen LogP contribution in [0.15, 0.2) is 206 Å². The molecule has 0 N–H and O–H groups in total. The molecule has 9 aromatic carbocycles. The molecule has 1 heterocycles. The molecule has 0 fully saturated rings. The number of nitrogens with zero attached hydrogens (tertiary/aromatic N) is 1. The molecule has 0 aliphatic heterocycles. The Labute approximate surface area is 339 Å². The number of hydrogen-bond donors (Lipinski definition) is 0. The van der Waals surface area contributed by atoms with Gasteiger partial charge in [0.15, 0.2) is 0 Å². The minimum Gasteiger partial charge on any atom is -0.310 e. The predicted octanol–water partition coefficient (Wildman–Crippen LogP) is 16.3. The van der Waals surface area contributed by atoms with Gasteiger partial charge in [-0.3, -0.25) is 0 Å². The Morgan fingerprint density at radius 1 is 0.368 bits per heavy atom. The van der Waals surface area contributed by atoms with Crippen LogP contribution in [0.25, 0.3) is 64.3 Å². The van der Waals surface area contributed by atoms with Crippen LogP contribution >= 0.6 is 11.3 Å². The third kappa shape index (κ3) is 7.24. The summed E-state index contributed by atoms with van der Waals surface area (Å²) in [6, 6.07) is 74.5. The molecule has 0 aliphatic carbocycles. The fourth-order valence-corrected chi connectivity index (χ4v) is 9.14. The van der Waals surface area contributed by atoms with E-state index in [1.165, 1.54) is 81.0 Å². The van der Waals surface area contributed by atoms with Gasteiger partial charge in [0.25, 0.3) is 0 Å². The van der Waals surface area contributed by atoms with Crippen LogP contribution in [0.1, 0.15) is 16.7 Å². The van der Waals surface area contributed by atoms with Gasteiger partial charge in [-0.1, -0.05) is 169 Å². The zero-order chi connectivity index (χ0) is 38.7. The van der Waals surface area contributed by atoms with Gasteiger partial charge in [0.1, 0.15) is 0 Å². The van der Waals surface area contributed by atoms with Gasteiger partial charge < -0.3 is 4.90 Å². The second-order valence-electron chi connectivity index (χ2n) is 14.7. The Hall–Kier alpha value is -6.74. The predicted molar refractivity (Wildman–Crippen MR) is 248 cm³/mol. The van der Waals surface area contributed by atoms with E-state index in [1.807, 2.05) is 29.5 Å². The highest BCUT2D eigenvalue weighted by molar-refractivity contribution is 7.26. The molecule has 57 heavy (non-hydrogen) atoms. The molecule has 274 valence electrons. The maximum atomic E-state index is 2.39. The van der Waals surface area contributed by atoms with Crippen LogP contribution in [0.4, 0.5) is 17.1 Å². The number of thiophene rings is 1. The first-order valence-corrected chi connectivity index (χ1v) is 20.4. The fourth-order valence-electron chi connectivity index (χ4n) is 7.90. The van der Waals surface area contributed by atoms with E-state index in [1.54, 1.807) is 0 Å². The van der Waals surface area contributed by atoms with Crippen LogP contribution in [-0.4, -0.2) is 0 Å². The number of benzene rings is 9. The van der Waals surface area contributed by atoms with Crippen molar-refractivity contribution in [2.75, 3.05) is 4.90 Å². The molecule has 0 amide bonds. The lowest BCUT2D eigenvalue weighted by molar-refractivity contribution is 1.30. The van der Waals surface area contributed by atoms with Gasteiger partial charge in [-0.05, 0) is 113 Å². The van der Waals surface area contributed by atoms with E-state index in [4.69, 9.17) is 0 Å². The zero-order valence-corrected chi connectivity index (χ0v) is 33.3. The summed E-state index contributed by atoms with van der Waals surface area (Å²) >= 11 is 1.88. The molecule has 0 saturated carbocycles. The maximum absolute atomic E-state index is 2.39. The summed E-state index contributed by atoms with van der Waals surface area (Å²) in [7, 11) is 0. The molecule has 2 heteroatoms. The van der Waals surface area contributed by atoms with Crippen LogP contribution < -0.4 is 4.90 Å². The van der Waals surface area contributed by atoms with Crippen molar-refractivity contribution >= 4 is 59.3 Å². The molecule has 0 unspecified atom stereocenters. The van der Waals surface area contributed by atoms with E-state index in [0.29, 0.717) is 0 Å². The molecule has 10 aromatic rings. The molecular formula is C55H43NS. The second-order valence-corrected chi connectivity index (χ2v) is 15.8. The minimum absolute atomic E-state index is 1.12. The lowest BCUT2D eigenvalue weighted by atomic mass is 9.93. The van der Waals surface area contributed by atoms with Gasteiger partial charge in [0.05, 0.1) is 5.69 Å². The van der Waals surface area contributed by atoms with Gasteiger partial charge in [0, 0.05) is 36.9 Å². The van der Waals surface area contributed by atoms with Crippen LogP contribution in [0.5, 0.6) is 0 Å². The van der Waals surface area contributed by atoms with Crippen LogP contribution in [0.3, 0.4) is 0 Å².